The fourth-order valence-electron chi connectivity index (χ4n) is 6.24. The lowest BCUT2D eigenvalue weighted by molar-refractivity contribution is -0.132. The molecule has 254 valence electrons. The van der Waals surface area contributed by atoms with Gasteiger partial charge >= 0.3 is 0 Å². The number of carbonyl (C=O) groups excluding carboxylic acids is 4. The second kappa shape index (κ2) is 15.8. The smallest absolute Gasteiger partial charge is 0.274 e. The molecular formula is C34H42N3O9S-. The first-order valence-electron chi connectivity index (χ1n) is 15.9. The summed E-state index contributed by atoms with van der Waals surface area (Å²) in [5.74, 6) is -3.21. The summed E-state index contributed by atoms with van der Waals surface area (Å²) >= 11 is 0. The predicted molar refractivity (Wildman–Crippen MR) is 172 cm³/mol. The summed E-state index contributed by atoms with van der Waals surface area (Å²) < 4.78 is 40.5. The Morgan fingerprint density at radius 3 is 2.47 bits per heavy atom. The van der Waals surface area contributed by atoms with Gasteiger partial charge in [0.15, 0.2) is 16.9 Å². The zero-order valence-corrected chi connectivity index (χ0v) is 27.6. The number of benzene rings is 2. The van der Waals surface area contributed by atoms with E-state index in [0.717, 1.165) is 22.8 Å². The number of hydrogen-bond donors (Lipinski definition) is 3. The van der Waals surface area contributed by atoms with E-state index >= 15 is 0 Å². The van der Waals surface area contributed by atoms with Gasteiger partial charge in [-0.2, -0.15) is 0 Å². The quantitative estimate of drug-likeness (QED) is 0.201. The van der Waals surface area contributed by atoms with Gasteiger partial charge in [-0.25, -0.2) is 8.42 Å². The molecule has 3 N–H and O–H groups in total. The molecule has 0 aliphatic heterocycles. The highest BCUT2D eigenvalue weighted by molar-refractivity contribution is 7.86. The van der Waals surface area contributed by atoms with Gasteiger partial charge in [-0.1, -0.05) is 67.9 Å². The van der Waals surface area contributed by atoms with Crippen molar-refractivity contribution in [3.05, 3.63) is 65.5 Å². The first-order chi connectivity index (χ1) is 22.2. The van der Waals surface area contributed by atoms with Crippen LogP contribution in [0.4, 0.5) is 0 Å². The van der Waals surface area contributed by atoms with E-state index in [1.54, 1.807) is 6.92 Å². The van der Waals surface area contributed by atoms with E-state index < -0.39 is 57.1 Å². The fraction of sp³-hybridized carbons (Fsp3) is 0.500. The number of nitrogens with one attached hydrogen (secondary N) is 2. The second-order valence-corrected chi connectivity index (χ2v) is 14.3. The van der Waals surface area contributed by atoms with Gasteiger partial charge in [-0.3, -0.25) is 19.2 Å². The summed E-state index contributed by atoms with van der Waals surface area (Å²) in [4.78, 5) is 53.4. The first kappa shape index (κ1) is 35.9. The molecule has 2 aromatic carbocycles. The van der Waals surface area contributed by atoms with E-state index in [1.165, 1.54) is 6.07 Å². The number of Topliss-reactive ketones (excluding diaryl/α,β-unsaturated/α-hetero) is 2. The summed E-state index contributed by atoms with van der Waals surface area (Å²) in [7, 11) is -5.24. The number of hydrogen-bond acceptors (Lipinski definition) is 10. The van der Waals surface area contributed by atoms with Crippen molar-refractivity contribution in [3.8, 4) is 0 Å². The van der Waals surface area contributed by atoms with E-state index in [1.807, 2.05) is 56.3 Å². The number of rotatable bonds is 15. The average molecular weight is 669 g/mol. The summed E-state index contributed by atoms with van der Waals surface area (Å²) in [6, 6.07) is 12.1. The highest BCUT2D eigenvalue weighted by Crippen LogP contribution is 2.27. The van der Waals surface area contributed by atoms with Gasteiger partial charge in [0.05, 0.1) is 12.1 Å². The average Bonchev–Trinajstić information content (AvgIpc) is 3.46. The molecule has 1 fully saturated rings. The molecule has 1 aliphatic rings. The Hall–Kier alpha value is -3.94. The Morgan fingerprint density at radius 2 is 1.81 bits per heavy atom. The molecule has 1 aromatic heterocycles. The van der Waals surface area contributed by atoms with Crippen LogP contribution in [-0.4, -0.2) is 64.1 Å². The number of nitrogens with zero attached hydrogens (tertiary/aromatic N) is 1. The van der Waals surface area contributed by atoms with Crippen molar-refractivity contribution in [2.24, 2.45) is 17.8 Å². The van der Waals surface area contributed by atoms with Crippen molar-refractivity contribution >= 4 is 44.3 Å². The van der Waals surface area contributed by atoms with Gasteiger partial charge < -0.3 is 24.8 Å². The van der Waals surface area contributed by atoms with Crippen LogP contribution in [0.3, 0.4) is 0 Å². The first-order valence-corrected chi connectivity index (χ1v) is 17.4. The van der Waals surface area contributed by atoms with E-state index in [0.29, 0.717) is 25.0 Å². The van der Waals surface area contributed by atoms with Gasteiger partial charge in [0.2, 0.25) is 5.91 Å². The highest BCUT2D eigenvalue weighted by atomic mass is 32.2. The maximum Gasteiger partial charge on any atom is 0.274 e. The van der Waals surface area contributed by atoms with Gasteiger partial charge in [-0.15, -0.1) is 0 Å². The van der Waals surface area contributed by atoms with E-state index in [9.17, 15) is 37.3 Å². The van der Waals surface area contributed by atoms with Gasteiger partial charge in [0.1, 0.15) is 21.7 Å². The van der Waals surface area contributed by atoms with Crippen LogP contribution in [0.15, 0.2) is 53.1 Å². The molecule has 5 atom stereocenters. The molecular weight excluding hydrogens is 626 g/mol. The molecule has 4 rings (SSSR count). The lowest BCUT2D eigenvalue weighted by Gasteiger charge is -2.32. The van der Waals surface area contributed by atoms with Crippen molar-refractivity contribution in [1.82, 2.24) is 15.8 Å². The maximum absolute atomic E-state index is 14.0. The molecule has 0 radical (unpaired) electrons. The van der Waals surface area contributed by atoms with Crippen LogP contribution in [0, 0.1) is 24.7 Å². The molecule has 1 aliphatic carbocycles. The van der Waals surface area contributed by atoms with Crippen LogP contribution in [-0.2, 0) is 30.9 Å². The number of aliphatic hydroxyl groups is 1. The standard InChI is InChI=1S/C34H43N3O9S/c1-20(2)15-25(32(40)36-29(34(42)47(43,44)45)18-24-10-5-7-14-30(24)38)19-31(39)27(35-33(41)28-16-21(3)46-37-28)17-23-12-8-11-22-9-4-6-13-26(22)23/h4,6,8-9,11-13,16,20,24-25,27,29,34,42H,5,7,10,14-15,17-19H2,1-3H3,(H,35,41)(H,36,40)(H,43,44,45)/p-1/t24-,25+,27-,29-,34?/m0/s1. The number of fused-ring (bicyclic) bond motifs is 1. The minimum absolute atomic E-state index is 0.0115. The zero-order valence-electron chi connectivity index (χ0n) is 26.8. The Morgan fingerprint density at radius 1 is 1.09 bits per heavy atom. The van der Waals surface area contributed by atoms with Crippen LogP contribution < -0.4 is 10.6 Å². The van der Waals surface area contributed by atoms with E-state index in [4.69, 9.17) is 4.52 Å². The van der Waals surface area contributed by atoms with Crippen LogP contribution in [0.2, 0.25) is 0 Å². The normalized spacial score (nSPS) is 18.0. The zero-order chi connectivity index (χ0) is 34.3. The van der Waals surface area contributed by atoms with Crippen molar-refractivity contribution in [1.29, 1.82) is 0 Å². The van der Waals surface area contributed by atoms with Crippen molar-refractivity contribution in [2.75, 3.05) is 0 Å². The molecule has 1 unspecified atom stereocenters. The number of ketones is 2. The molecule has 1 heterocycles. The van der Waals surface area contributed by atoms with Gasteiger partial charge in [0, 0.05) is 37.2 Å². The topological polar surface area (TPSA) is 196 Å². The van der Waals surface area contributed by atoms with Crippen LogP contribution in [0.5, 0.6) is 0 Å². The number of aromatic nitrogens is 1. The fourth-order valence-corrected chi connectivity index (χ4v) is 6.82. The van der Waals surface area contributed by atoms with E-state index in [-0.39, 0.29) is 43.1 Å². The molecule has 47 heavy (non-hydrogen) atoms. The van der Waals surface area contributed by atoms with Crippen molar-refractivity contribution < 1.29 is 41.8 Å². The minimum atomic E-state index is -5.24. The number of amides is 2. The highest BCUT2D eigenvalue weighted by Gasteiger charge is 2.36. The molecule has 2 amide bonds. The Balaban J connectivity index is 1.60. The molecule has 1 saturated carbocycles. The third-order valence-corrected chi connectivity index (χ3v) is 9.54. The molecule has 0 saturated heterocycles. The SMILES string of the molecule is Cc1cc(C(=O)N[C@@H](Cc2cccc3ccccc23)C(=O)C[C@@H](CC(C)C)C(=O)N[C@@H](C[C@@H]2CCCCC2=O)C(O)S(=O)(=O)[O-])no1. The Labute approximate surface area is 274 Å². The molecule has 12 nitrogen and oxygen atoms in total. The molecule has 13 heteroatoms. The summed E-state index contributed by atoms with van der Waals surface area (Å²) in [6.45, 7) is 5.33. The molecule has 0 bridgehead atoms. The Kier molecular flexibility index (Phi) is 12.0. The summed E-state index contributed by atoms with van der Waals surface area (Å²) in [6.07, 6.45) is 1.95. The van der Waals surface area contributed by atoms with Gasteiger partial charge in [-0.05, 0) is 54.9 Å². The van der Waals surface area contributed by atoms with Gasteiger partial charge in [0.25, 0.3) is 5.91 Å². The summed E-state index contributed by atoms with van der Waals surface area (Å²) in [5, 5.41) is 21.3. The number of carbonyl (C=O) groups is 4. The Bertz CT molecular complexity index is 1700. The van der Waals surface area contributed by atoms with Crippen molar-refractivity contribution in [2.45, 2.75) is 89.7 Å². The largest absolute Gasteiger partial charge is 0.746 e. The number of aliphatic hydroxyl groups excluding tert-OH is 1. The lowest BCUT2D eigenvalue weighted by atomic mass is 9.83. The predicted octanol–water partition coefficient (Wildman–Crippen LogP) is 3.60. The molecule has 0 spiro atoms. The van der Waals surface area contributed by atoms with E-state index in [2.05, 4.69) is 15.8 Å². The van der Waals surface area contributed by atoms with Crippen LogP contribution in [0.1, 0.15) is 80.6 Å². The summed E-state index contributed by atoms with van der Waals surface area (Å²) in [5.41, 5.74) is -1.69. The lowest BCUT2D eigenvalue weighted by Crippen LogP contribution is -2.51. The second-order valence-electron chi connectivity index (χ2n) is 12.8. The van der Waals surface area contributed by atoms with Crippen molar-refractivity contribution in [3.63, 3.8) is 0 Å². The number of aryl methyl sites for hydroxylation is 1. The van der Waals surface area contributed by atoms with Crippen LogP contribution >= 0.6 is 0 Å². The van der Waals surface area contributed by atoms with Crippen LogP contribution in [0.25, 0.3) is 10.8 Å². The third kappa shape index (κ3) is 9.78. The minimum Gasteiger partial charge on any atom is -0.746 e. The third-order valence-electron chi connectivity index (χ3n) is 8.62. The monoisotopic (exact) mass is 668 g/mol. The molecule has 3 aromatic rings. The maximum atomic E-state index is 14.0.